The van der Waals surface area contributed by atoms with Crippen LogP contribution in [0.15, 0.2) is 60.7 Å². The predicted octanol–water partition coefficient (Wildman–Crippen LogP) is 1.57. The number of hydrogen-bond donors (Lipinski definition) is 0. The molecule has 0 spiro atoms. The van der Waals surface area contributed by atoms with E-state index < -0.39 is 0 Å². The largest absolute Gasteiger partial charge is 0.432 e. The van der Waals surface area contributed by atoms with Crippen LogP contribution in [0.4, 0.5) is 0 Å². The zero-order chi connectivity index (χ0) is 15.9. The smallest absolute Gasteiger partial charge is 0.298 e. The number of allylic oxidation sites excluding steroid dienone is 2. The van der Waals surface area contributed by atoms with Crippen molar-refractivity contribution in [2.45, 2.75) is 6.92 Å². The van der Waals surface area contributed by atoms with Crippen molar-refractivity contribution >= 4 is 24.5 Å². The average molecular weight is 296 g/mol. The maximum Gasteiger partial charge on any atom is 0.298 e. The van der Waals surface area contributed by atoms with E-state index in [0.717, 1.165) is 0 Å². The van der Waals surface area contributed by atoms with E-state index in [0.29, 0.717) is 40.5 Å². The van der Waals surface area contributed by atoms with Gasteiger partial charge in [-0.15, -0.1) is 0 Å². The van der Waals surface area contributed by atoms with Crippen molar-refractivity contribution in [2.24, 2.45) is 5.92 Å². The lowest BCUT2D eigenvalue weighted by Crippen LogP contribution is -2.32. The minimum atomic E-state index is -0.125. The number of carbonyl (C=O) groups excluding carboxylic acids is 2. The minimum absolute atomic E-state index is 0.125. The van der Waals surface area contributed by atoms with Crippen LogP contribution in [0.2, 0.25) is 0 Å². The fourth-order valence-corrected chi connectivity index (χ4v) is 2.29. The molecule has 1 aliphatic rings. The monoisotopic (exact) mass is 296 g/mol. The Morgan fingerprint density at radius 3 is 2.41 bits per heavy atom. The fraction of sp³-hybridized carbons (Fsp3) is 0.111. The van der Waals surface area contributed by atoms with Gasteiger partial charge in [-0.1, -0.05) is 62.1 Å². The maximum atomic E-state index is 10.9. The van der Waals surface area contributed by atoms with E-state index in [9.17, 15) is 9.59 Å². The van der Waals surface area contributed by atoms with Gasteiger partial charge < -0.3 is 9.47 Å². The van der Waals surface area contributed by atoms with Gasteiger partial charge in [-0.3, -0.25) is 9.59 Å². The Bertz CT molecular complexity index is 769. The number of hydrogen-bond acceptors (Lipinski definition) is 4. The van der Waals surface area contributed by atoms with E-state index in [1.807, 2.05) is 37.3 Å². The molecular formula is C18H16O4. The van der Waals surface area contributed by atoms with Crippen molar-refractivity contribution in [3.05, 3.63) is 71.2 Å². The number of rotatable bonds is 4. The van der Waals surface area contributed by atoms with E-state index >= 15 is 0 Å². The number of carbonyl (C=O) groups is 2. The predicted molar refractivity (Wildman–Crippen MR) is 83.4 cm³/mol. The lowest BCUT2D eigenvalue weighted by molar-refractivity contribution is -0.123. The van der Waals surface area contributed by atoms with Crippen LogP contribution in [0.3, 0.4) is 0 Å². The van der Waals surface area contributed by atoms with Crippen LogP contribution in [-0.4, -0.2) is 12.9 Å². The minimum Gasteiger partial charge on any atom is -0.432 e. The zero-order valence-electron chi connectivity index (χ0n) is 12.2. The molecule has 1 atom stereocenters. The van der Waals surface area contributed by atoms with Gasteiger partial charge in [0.2, 0.25) is 0 Å². The Morgan fingerprint density at radius 1 is 1.05 bits per heavy atom. The Labute approximate surface area is 128 Å². The summed E-state index contributed by atoms with van der Waals surface area (Å²) in [5, 5.41) is 1.32. The van der Waals surface area contributed by atoms with Crippen molar-refractivity contribution in [1.29, 1.82) is 0 Å². The van der Waals surface area contributed by atoms with Gasteiger partial charge in [0.1, 0.15) is 11.5 Å². The molecule has 0 heterocycles. The van der Waals surface area contributed by atoms with Crippen LogP contribution in [0.1, 0.15) is 6.92 Å². The lowest BCUT2D eigenvalue weighted by atomic mass is 10.0. The zero-order valence-corrected chi connectivity index (χ0v) is 12.2. The van der Waals surface area contributed by atoms with E-state index in [1.54, 1.807) is 18.2 Å². The van der Waals surface area contributed by atoms with Gasteiger partial charge in [0.05, 0.1) is 0 Å². The van der Waals surface area contributed by atoms with Gasteiger partial charge in [0.15, 0.2) is 0 Å². The summed E-state index contributed by atoms with van der Waals surface area (Å²) >= 11 is 0. The summed E-state index contributed by atoms with van der Waals surface area (Å²) in [5.74, 6) is 0.688. The van der Waals surface area contributed by atoms with Crippen molar-refractivity contribution in [3.63, 3.8) is 0 Å². The number of fused-ring (bicyclic) bond motifs is 1. The summed E-state index contributed by atoms with van der Waals surface area (Å²) < 4.78 is 10.3. The van der Waals surface area contributed by atoms with E-state index in [-0.39, 0.29) is 5.92 Å². The molecule has 2 rings (SSSR count). The standard InChI is InChI=1S/C18H16O4/c1-13-7-3-4-8-14(2)18(22-12-20)16-10-6-5-9-15(16)17(13)21-11-19/h3-12,14H,1H2,2H3/b7-3-,8-4-,17-15?,18-16+. The third kappa shape index (κ3) is 3.23. The SMILES string of the molecule is C=C1/C=C\C=C/C(C)/C(OC=O)=c2/ccccc2=C1OC=O. The molecular weight excluding hydrogens is 280 g/mol. The third-order valence-electron chi connectivity index (χ3n) is 3.29. The molecule has 1 aliphatic carbocycles. The summed E-state index contributed by atoms with van der Waals surface area (Å²) in [7, 11) is 0. The van der Waals surface area contributed by atoms with Gasteiger partial charge in [0.25, 0.3) is 12.9 Å². The first kappa shape index (κ1) is 15.5. The summed E-state index contributed by atoms with van der Waals surface area (Å²) in [6.45, 7) is 6.58. The number of benzene rings is 1. The molecule has 0 N–H and O–H groups in total. The molecule has 0 fully saturated rings. The van der Waals surface area contributed by atoms with Gasteiger partial charge in [-0.2, -0.15) is 0 Å². The molecule has 0 radical (unpaired) electrons. The van der Waals surface area contributed by atoms with Crippen molar-refractivity contribution in [3.8, 4) is 0 Å². The van der Waals surface area contributed by atoms with Crippen molar-refractivity contribution in [1.82, 2.24) is 0 Å². The molecule has 0 amide bonds. The molecule has 0 bridgehead atoms. The first-order valence-electron chi connectivity index (χ1n) is 6.77. The molecule has 0 aliphatic heterocycles. The van der Waals surface area contributed by atoms with Gasteiger partial charge in [0, 0.05) is 21.9 Å². The van der Waals surface area contributed by atoms with Crippen LogP contribution in [0.25, 0.3) is 11.5 Å². The Balaban J connectivity index is 2.96. The molecule has 1 aromatic carbocycles. The molecule has 4 nitrogen and oxygen atoms in total. The Hall–Kier alpha value is -2.88. The van der Waals surface area contributed by atoms with Crippen LogP contribution >= 0.6 is 0 Å². The molecule has 22 heavy (non-hydrogen) atoms. The van der Waals surface area contributed by atoms with Crippen LogP contribution < -0.4 is 10.4 Å². The van der Waals surface area contributed by atoms with Crippen LogP contribution in [-0.2, 0) is 19.1 Å². The van der Waals surface area contributed by atoms with Crippen LogP contribution in [0, 0.1) is 5.92 Å². The number of ether oxygens (including phenoxy) is 2. The second-order valence-corrected chi connectivity index (χ2v) is 4.73. The van der Waals surface area contributed by atoms with Gasteiger partial charge in [-0.05, 0) is 0 Å². The molecule has 0 saturated carbocycles. The fourth-order valence-electron chi connectivity index (χ4n) is 2.29. The summed E-state index contributed by atoms with van der Waals surface area (Å²) in [6, 6.07) is 7.24. The summed E-state index contributed by atoms with van der Waals surface area (Å²) in [5.41, 5.74) is 0.546. The molecule has 112 valence electrons. The Kier molecular flexibility index (Phi) is 5.09. The molecule has 1 aromatic rings. The second-order valence-electron chi connectivity index (χ2n) is 4.73. The normalized spacial score (nSPS) is 23.0. The Morgan fingerprint density at radius 2 is 1.73 bits per heavy atom. The molecule has 4 heteroatoms. The van der Waals surface area contributed by atoms with Crippen LogP contribution in [0.5, 0.6) is 0 Å². The van der Waals surface area contributed by atoms with Crippen molar-refractivity contribution in [2.75, 3.05) is 0 Å². The summed E-state index contributed by atoms with van der Waals surface area (Å²) in [6.07, 6.45) is 7.28. The van der Waals surface area contributed by atoms with Gasteiger partial charge >= 0.3 is 0 Å². The van der Waals surface area contributed by atoms with E-state index in [2.05, 4.69) is 6.58 Å². The second kappa shape index (κ2) is 7.22. The first-order chi connectivity index (χ1) is 10.7. The van der Waals surface area contributed by atoms with Gasteiger partial charge in [-0.25, -0.2) is 0 Å². The topological polar surface area (TPSA) is 52.6 Å². The highest BCUT2D eigenvalue weighted by Gasteiger charge is 2.12. The molecule has 0 saturated heterocycles. The average Bonchev–Trinajstić information content (AvgIpc) is 2.53. The van der Waals surface area contributed by atoms with Crippen molar-refractivity contribution < 1.29 is 19.1 Å². The highest BCUT2D eigenvalue weighted by molar-refractivity contribution is 5.68. The maximum absolute atomic E-state index is 10.9. The third-order valence-corrected chi connectivity index (χ3v) is 3.29. The van der Waals surface area contributed by atoms with E-state index in [4.69, 9.17) is 9.47 Å². The lowest BCUT2D eigenvalue weighted by Gasteiger charge is -2.12. The first-order valence-corrected chi connectivity index (χ1v) is 6.77. The van der Waals surface area contributed by atoms with E-state index in [1.165, 1.54) is 0 Å². The molecule has 1 unspecified atom stereocenters. The highest BCUT2D eigenvalue weighted by Crippen LogP contribution is 2.15. The summed E-state index contributed by atoms with van der Waals surface area (Å²) in [4.78, 5) is 21.7. The molecule has 0 aromatic heterocycles. The quantitative estimate of drug-likeness (QED) is 0.791. The highest BCUT2D eigenvalue weighted by atomic mass is 16.5.